The molecule has 1 nitrogen and oxygen atoms in total. The van der Waals surface area contributed by atoms with Gasteiger partial charge in [-0.15, -0.1) is 0 Å². The van der Waals surface area contributed by atoms with Gasteiger partial charge < -0.3 is 0 Å². The third kappa shape index (κ3) is 1.23. The van der Waals surface area contributed by atoms with Gasteiger partial charge in [0, 0.05) is 0 Å². The maximum atomic E-state index is 3.61. The maximum absolute atomic E-state index is 3.61. The maximum Gasteiger partial charge on any atom is 0.0530 e. The van der Waals surface area contributed by atoms with Gasteiger partial charge in [-0.05, 0) is 45.2 Å². The van der Waals surface area contributed by atoms with Gasteiger partial charge in [0.25, 0.3) is 0 Å². The standard InChI is InChI=1S/C18H13N/c1-2-6-12-10-16-15(9-11(12)5-1)13-7-3-4-8-14(13)17-18(16)19-17/h1-10,17-19H. The van der Waals surface area contributed by atoms with Crippen molar-refractivity contribution >= 4 is 10.8 Å². The minimum Gasteiger partial charge on any atom is -0.300 e. The van der Waals surface area contributed by atoms with Crippen LogP contribution in [0.1, 0.15) is 23.2 Å². The Morgan fingerprint density at radius 1 is 0.632 bits per heavy atom. The lowest BCUT2D eigenvalue weighted by atomic mass is 9.84. The average molecular weight is 243 g/mol. The molecule has 2 aliphatic rings. The fourth-order valence-corrected chi connectivity index (χ4v) is 3.44. The molecule has 2 unspecified atom stereocenters. The predicted molar refractivity (Wildman–Crippen MR) is 78.0 cm³/mol. The highest BCUT2D eigenvalue weighted by molar-refractivity contribution is 5.91. The molecule has 5 rings (SSSR count). The number of fused-ring (bicyclic) bond motifs is 7. The number of nitrogens with one attached hydrogen (secondary N) is 1. The molecule has 90 valence electrons. The van der Waals surface area contributed by atoms with E-state index in [-0.39, 0.29) is 0 Å². The van der Waals surface area contributed by atoms with Gasteiger partial charge >= 0.3 is 0 Å². The van der Waals surface area contributed by atoms with Crippen LogP contribution < -0.4 is 5.32 Å². The third-order valence-corrected chi connectivity index (χ3v) is 4.42. The molecule has 0 spiro atoms. The van der Waals surface area contributed by atoms with Crippen molar-refractivity contribution in [1.29, 1.82) is 0 Å². The Hall–Kier alpha value is -2.12. The van der Waals surface area contributed by atoms with Gasteiger partial charge in [0.2, 0.25) is 0 Å². The van der Waals surface area contributed by atoms with Crippen LogP contribution in [0.5, 0.6) is 0 Å². The predicted octanol–water partition coefficient (Wildman–Crippen LogP) is 4.21. The van der Waals surface area contributed by atoms with Crippen LogP contribution in [0, 0.1) is 0 Å². The molecule has 1 aliphatic carbocycles. The first-order valence-electron chi connectivity index (χ1n) is 6.80. The minimum atomic E-state index is 0.523. The normalized spacial score (nSPS) is 22.5. The van der Waals surface area contributed by atoms with Crippen molar-refractivity contribution in [2.24, 2.45) is 0 Å². The lowest BCUT2D eigenvalue weighted by Crippen LogP contribution is -1.99. The van der Waals surface area contributed by atoms with Gasteiger partial charge in [-0.2, -0.15) is 0 Å². The first kappa shape index (κ1) is 9.76. The Bertz CT molecular complexity index is 819. The second kappa shape index (κ2) is 3.25. The van der Waals surface area contributed by atoms with Gasteiger partial charge in [0.15, 0.2) is 0 Å². The second-order valence-corrected chi connectivity index (χ2v) is 5.50. The quantitative estimate of drug-likeness (QED) is 0.587. The van der Waals surface area contributed by atoms with Crippen LogP contribution in [0.3, 0.4) is 0 Å². The smallest absolute Gasteiger partial charge is 0.0530 e. The Labute approximate surface area is 111 Å². The van der Waals surface area contributed by atoms with E-state index in [1.165, 1.54) is 33.0 Å². The molecule has 3 aromatic carbocycles. The molecule has 0 radical (unpaired) electrons. The lowest BCUT2D eigenvalue weighted by Gasteiger charge is -2.18. The van der Waals surface area contributed by atoms with E-state index in [1.807, 2.05) is 0 Å². The summed E-state index contributed by atoms with van der Waals surface area (Å²) < 4.78 is 0. The Morgan fingerprint density at radius 3 is 2.21 bits per heavy atom. The van der Waals surface area contributed by atoms with Crippen LogP contribution in [-0.4, -0.2) is 0 Å². The number of hydrogen-bond acceptors (Lipinski definition) is 1. The van der Waals surface area contributed by atoms with Gasteiger partial charge in [-0.3, -0.25) is 5.32 Å². The van der Waals surface area contributed by atoms with E-state index in [1.54, 1.807) is 0 Å². The monoisotopic (exact) mass is 243 g/mol. The van der Waals surface area contributed by atoms with Gasteiger partial charge in [-0.1, -0.05) is 48.5 Å². The topological polar surface area (TPSA) is 21.9 Å². The van der Waals surface area contributed by atoms with Crippen molar-refractivity contribution in [1.82, 2.24) is 5.32 Å². The number of hydrogen-bond donors (Lipinski definition) is 1. The van der Waals surface area contributed by atoms with Gasteiger partial charge in [0.05, 0.1) is 12.1 Å². The molecule has 1 saturated heterocycles. The highest BCUT2D eigenvalue weighted by Crippen LogP contribution is 2.53. The zero-order valence-electron chi connectivity index (χ0n) is 10.4. The largest absolute Gasteiger partial charge is 0.300 e. The van der Waals surface area contributed by atoms with Crippen molar-refractivity contribution < 1.29 is 0 Å². The summed E-state index contributed by atoms with van der Waals surface area (Å²) in [6, 6.07) is 23.2. The van der Waals surface area contributed by atoms with Crippen molar-refractivity contribution in [3.05, 3.63) is 71.8 Å². The first-order valence-corrected chi connectivity index (χ1v) is 6.80. The van der Waals surface area contributed by atoms with Crippen LogP contribution in [0.2, 0.25) is 0 Å². The molecule has 1 heterocycles. The second-order valence-electron chi connectivity index (χ2n) is 5.50. The van der Waals surface area contributed by atoms with E-state index in [9.17, 15) is 0 Å². The summed E-state index contributed by atoms with van der Waals surface area (Å²) in [6.07, 6.45) is 0. The number of benzene rings is 3. The van der Waals surface area contributed by atoms with E-state index < -0.39 is 0 Å². The molecule has 3 aromatic rings. The van der Waals surface area contributed by atoms with E-state index in [0.717, 1.165) is 0 Å². The average Bonchev–Trinajstić information content (AvgIpc) is 3.27. The molecule has 0 amide bonds. The SMILES string of the molecule is c1ccc2c(c1)-c1cc3ccccc3cc1C1NC21. The van der Waals surface area contributed by atoms with Crippen molar-refractivity contribution in [3.63, 3.8) is 0 Å². The highest BCUT2D eigenvalue weighted by Gasteiger charge is 2.44. The Morgan fingerprint density at radius 2 is 1.32 bits per heavy atom. The molecule has 19 heavy (non-hydrogen) atoms. The summed E-state index contributed by atoms with van der Waals surface area (Å²) in [5.74, 6) is 0. The van der Waals surface area contributed by atoms with Crippen LogP contribution in [0.15, 0.2) is 60.7 Å². The molecule has 1 aliphatic heterocycles. The van der Waals surface area contributed by atoms with E-state index in [0.29, 0.717) is 12.1 Å². The molecule has 0 saturated carbocycles. The van der Waals surface area contributed by atoms with Crippen molar-refractivity contribution in [2.45, 2.75) is 12.1 Å². The van der Waals surface area contributed by atoms with Gasteiger partial charge in [0.1, 0.15) is 0 Å². The molecule has 2 atom stereocenters. The van der Waals surface area contributed by atoms with Crippen molar-refractivity contribution in [2.75, 3.05) is 0 Å². The lowest BCUT2D eigenvalue weighted by molar-refractivity contribution is 1.01. The summed E-state index contributed by atoms with van der Waals surface area (Å²) in [6.45, 7) is 0. The molecular weight excluding hydrogens is 230 g/mol. The van der Waals surface area contributed by atoms with Crippen LogP contribution >= 0.6 is 0 Å². The van der Waals surface area contributed by atoms with Crippen LogP contribution in [0.25, 0.3) is 21.9 Å². The number of rotatable bonds is 0. The fraction of sp³-hybridized carbons (Fsp3) is 0.111. The molecule has 0 aromatic heterocycles. The molecule has 1 heteroatoms. The molecular formula is C18H13N. The molecule has 0 bridgehead atoms. The zero-order valence-corrected chi connectivity index (χ0v) is 10.4. The van der Waals surface area contributed by atoms with E-state index >= 15 is 0 Å². The van der Waals surface area contributed by atoms with E-state index in [4.69, 9.17) is 0 Å². The van der Waals surface area contributed by atoms with Crippen molar-refractivity contribution in [3.8, 4) is 11.1 Å². The Kier molecular flexibility index (Phi) is 1.67. The summed E-state index contributed by atoms with van der Waals surface area (Å²) in [7, 11) is 0. The summed E-state index contributed by atoms with van der Waals surface area (Å²) in [4.78, 5) is 0. The molecule has 1 fully saturated rings. The minimum absolute atomic E-state index is 0.523. The summed E-state index contributed by atoms with van der Waals surface area (Å²) in [5.41, 5.74) is 5.72. The van der Waals surface area contributed by atoms with Crippen LogP contribution in [0.4, 0.5) is 0 Å². The van der Waals surface area contributed by atoms with Crippen LogP contribution in [-0.2, 0) is 0 Å². The summed E-state index contributed by atoms with van der Waals surface area (Å²) in [5, 5.41) is 6.28. The molecule has 1 N–H and O–H groups in total. The highest BCUT2D eigenvalue weighted by atomic mass is 15.2. The first-order chi connectivity index (χ1) is 9.42. The fourth-order valence-electron chi connectivity index (χ4n) is 3.44. The summed E-state index contributed by atoms with van der Waals surface area (Å²) >= 11 is 0. The Balaban J connectivity index is 1.90. The zero-order chi connectivity index (χ0) is 12.4. The van der Waals surface area contributed by atoms with E-state index in [2.05, 4.69) is 66.0 Å². The van der Waals surface area contributed by atoms with Gasteiger partial charge in [-0.25, -0.2) is 0 Å². The third-order valence-electron chi connectivity index (χ3n) is 4.42.